The smallest absolute Gasteiger partial charge is 0.0325 e. The summed E-state index contributed by atoms with van der Waals surface area (Å²) in [4.78, 5) is 0. The van der Waals surface area contributed by atoms with Crippen LogP contribution in [0.2, 0.25) is 0 Å². The monoisotopic (exact) mass is 156 g/mol. The second-order valence-corrected chi connectivity index (χ2v) is 4.24. The van der Waals surface area contributed by atoms with Crippen LogP contribution in [0.5, 0.6) is 0 Å². The zero-order valence-electron chi connectivity index (χ0n) is 8.91. The van der Waals surface area contributed by atoms with Crippen molar-refractivity contribution in [1.29, 1.82) is 0 Å². The predicted octanol–water partition coefficient (Wildman–Crippen LogP) is 4.25. The van der Waals surface area contributed by atoms with Gasteiger partial charge in [0.05, 0.1) is 0 Å². The molecule has 0 heteroatoms. The van der Waals surface area contributed by atoms with Gasteiger partial charge in [-0.25, -0.2) is 0 Å². The van der Waals surface area contributed by atoms with E-state index in [4.69, 9.17) is 0 Å². The van der Waals surface area contributed by atoms with E-state index in [-0.39, 0.29) is 0 Å². The van der Waals surface area contributed by atoms with Crippen molar-refractivity contribution < 1.29 is 0 Å². The third-order valence-electron chi connectivity index (χ3n) is 2.43. The van der Waals surface area contributed by atoms with E-state index in [1.165, 1.54) is 25.7 Å². The largest absolute Gasteiger partial charge is 0.0683 e. The molecule has 0 aromatic heterocycles. The molecule has 0 amide bonds. The Kier molecular flexibility index (Phi) is 4.79. The Bertz CT molecular complexity index is 88.2. The van der Waals surface area contributed by atoms with E-state index in [1.807, 2.05) is 13.8 Å². The van der Waals surface area contributed by atoms with Crippen molar-refractivity contribution in [1.82, 2.24) is 0 Å². The van der Waals surface area contributed by atoms with Crippen LogP contribution in [-0.2, 0) is 0 Å². The van der Waals surface area contributed by atoms with Crippen LogP contribution in [0.25, 0.3) is 0 Å². The molecule has 0 saturated heterocycles. The molecule has 0 atom stereocenters. The van der Waals surface area contributed by atoms with E-state index < -0.39 is 0 Å². The van der Waals surface area contributed by atoms with Crippen LogP contribution in [0.4, 0.5) is 0 Å². The molecule has 0 unspecified atom stereocenters. The maximum absolute atomic E-state index is 2.41. The first-order valence-corrected chi connectivity index (χ1v) is 5.12. The fraction of sp³-hybridized carbons (Fsp3) is 1.00. The van der Waals surface area contributed by atoms with Crippen molar-refractivity contribution in [3.8, 4) is 0 Å². The van der Waals surface area contributed by atoms with Crippen molar-refractivity contribution in [3.63, 3.8) is 0 Å². The summed E-state index contributed by atoms with van der Waals surface area (Å²) in [6, 6.07) is 0. The van der Waals surface area contributed by atoms with Crippen LogP contribution in [0.3, 0.4) is 0 Å². The predicted molar refractivity (Wildman–Crippen MR) is 52.8 cm³/mol. The van der Waals surface area contributed by atoms with Gasteiger partial charge in [0.25, 0.3) is 0 Å². The summed E-state index contributed by atoms with van der Waals surface area (Å²) >= 11 is 0. The van der Waals surface area contributed by atoms with Gasteiger partial charge in [0.2, 0.25) is 0 Å². The molecule has 11 heavy (non-hydrogen) atoms. The van der Waals surface area contributed by atoms with E-state index in [2.05, 4.69) is 20.8 Å². The first-order valence-electron chi connectivity index (χ1n) is 5.12. The van der Waals surface area contributed by atoms with Crippen LogP contribution < -0.4 is 0 Å². The summed E-state index contributed by atoms with van der Waals surface area (Å²) in [6.45, 7) is 11.0. The zero-order chi connectivity index (χ0) is 8.91. The molecule has 0 nitrogen and oxygen atoms in total. The summed E-state index contributed by atoms with van der Waals surface area (Å²) < 4.78 is 0. The summed E-state index contributed by atoms with van der Waals surface area (Å²) in [5.41, 5.74) is 0.782. The molecular weight excluding hydrogens is 132 g/mol. The van der Waals surface area contributed by atoms with Crippen LogP contribution in [-0.4, -0.2) is 0 Å². The van der Waals surface area contributed by atoms with E-state index in [0.29, 0.717) is 0 Å². The second-order valence-electron chi connectivity index (χ2n) is 4.24. The molecule has 1 saturated carbocycles. The highest BCUT2D eigenvalue weighted by Crippen LogP contribution is 2.49. The maximum Gasteiger partial charge on any atom is -0.0325 e. The Labute approximate surface area is 72.4 Å². The first kappa shape index (κ1) is 11.0. The van der Waals surface area contributed by atoms with Gasteiger partial charge in [0, 0.05) is 0 Å². The molecule has 0 aliphatic heterocycles. The minimum absolute atomic E-state index is 0.782. The van der Waals surface area contributed by atoms with Gasteiger partial charge >= 0.3 is 0 Å². The van der Waals surface area contributed by atoms with Gasteiger partial charge in [0.1, 0.15) is 0 Å². The van der Waals surface area contributed by atoms with E-state index >= 15 is 0 Å². The Hall–Kier alpha value is 0. The number of hydrogen-bond acceptors (Lipinski definition) is 0. The van der Waals surface area contributed by atoms with Crippen LogP contribution in [0, 0.1) is 11.3 Å². The van der Waals surface area contributed by atoms with Crippen molar-refractivity contribution in [2.45, 2.75) is 60.3 Å². The zero-order valence-corrected chi connectivity index (χ0v) is 8.91. The molecule has 0 aromatic carbocycles. The highest BCUT2D eigenvalue weighted by Gasteiger charge is 2.36. The molecular formula is C11H24. The molecule has 0 heterocycles. The normalized spacial score (nSPS) is 19.1. The van der Waals surface area contributed by atoms with Crippen molar-refractivity contribution in [3.05, 3.63) is 0 Å². The summed E-state index contributed by atoms with van der Waals surface area (Å²) in [7, 11) is 0. The van der Waals surface area contributed by atoms with Crippen LogP contribution in [0.15, 0.2) is 0 Å². The molecule has 0 spiro atoms. The second kappa shape index (κ2) is 4.79. The molecule has 1 aliphatic carbocycles. The van der Waals surface area contributed by atoms with Gasteiger partial charge in [-0.05, 0) is 30.6 Å². The topological polar surface area (TPSA) is 0 Å². The maximum atomic E-state index is 2.41. The number of rotatable bonds is 3. The van der Waals surface area contributed by atoms with Crippen LogP contribution >= 0.6 is 0 Å². The first-order chi connectivity index (χ1) is 5.12. The van der Waals surface area contributed by atoms with Gasteiger partial charge in [-0.2, -0.15) is 0 Å². The minimum atomic E-state index is 0.782. The Balaban J connectivity index is 0.000000461. The molecule has 1 rings (SSSR count). The highest BCUT2D eigenvalue weighted by molar-refractivity contribution is 4.88. The van der Waals surface area contributed by atoms with Gasteiger partial charge in [-0.15, -0.1) is 0 Å². The third kappa shape index (κ3) is 5.29. The summed E-state index contributed by atoms with van der Waals surface area (Å²) in [5, 5.41) is 0. The summed E-state index contributed by atoms with van der Waals surface area (Å²) in [6.07, 6.45) is 5.86. The minimum Gasteiger partial charge on any atom is -0.0683 e. The molecule has 0 bridgehead atoms. The van der Waals surface area contributed by atoms with E-state index in [9.17, 15) is 0 Å². The standard InChI is InChI=1S/C9H18.C2H6/c1-8(2)4-5-9(3)6-7-9;1-2/h8H,4-7H2,1-3H3;1-2H3. The summed E-state index contributed by atoms with van der Waals surface area (Å²) in [5.74, 6) is 0.905. The number of hydrogen-bond donors (Lipinski definition) is 0. The lowest BCUT2D eigenvalue weighted by Gasteiger charge is -2.08. The fourth-order valence-electron chi connectivity index (χ4n) is 1.10. The molecule has 68 valence electrons. The van der Waals surface area contributed by atoms with Crippen molar-refractivity contribution in [2.75, 3.05) is 0 Å². The molecule has 0 N–H and O–H groups in total. The van der Waals surface area contributed by atoms with E-state index in [0.717, 1.165) is 11.3 Å². The van der Waals surface area contributed by atoms with Crippen LogP contribution in [0.1, 0.15) is 60.3 Å². The van der Waals surface area contributed by atoms with Gasteiger partial charge < -0.3 is 0 Å². The third-order valence-corrected chi connectivity index (χ3v) is 2.43. The van der Waals surface area contributed by atoms with Gasteiger partial charge in [-0.1, -0.05) is 41.0 Å². The molecule has 0 aromatic rings. The SMILES string of the molecule is CC.CC(C)CCC1(C)CC1. The lowest BCUT2D eigenvalue weighted by atomic mass is 9.97. The van der Waals surface area contributed by atoms with Crippen molar-refractivity contribution >= 4 is 0 Å². The van der Waals surface area contributed by atoms with Gasteiger partial charge in [0.15, 0.2) is 0 Å². The van der Waals surface area contributed by atoms with E-state index in [1.54, 1.807) is 0 Å². The molecule has 0 radical (unpaired) electrons. The highest BCUT2D eigenvalue weighted by atomic mass is 14.4. The lowest BCUT2D eigenvalue weighted by Crippen LogP contribution is -1.96. The van der Waals surface area contributed by atoms with Crippen molar-refractivity contribution in [2.24, 2.45) is 11.3 Å². The fourth-order valence-corrected chi connectivity index (χ4v) is 1.10. The Morgan fingerprint density at radius 2 is 1.64 bits per heavy atom. The van der Waals surface area contributed by atoms with Gasteiger partial charge in [-0.3, -0.25) is 0 Å². The Morgan fingerprint density at radius 1 is 1.18 bits per heavy atom. The quantitative estimate of drug-likeness (QED) is 0.573. The molecule has 1 fully saturated rings. The average molecular weight is 156 g/mol. The lowest BCUT2D eigenvalue weighted by molar-refractivity contribution is 0.436. The molecule has 1 aliphatic rings. The average Bonchev–Trinajstić information content (AvgIpc) is 2.70. The Morgan fingerprint density at radius 3 is 1.91 bits per heavy atom.